The van der Waals surface area contributed by atoms with Crippen molar-refractivity contribution in [3.63, 3.8) is 0 Å². The summed E-state index contributed by atoms with van der Waals surface area (Å²) in [6, 6.07) is 8.80. The molecule has 0 amide bonds. The van der Waals surface area contributed by atoms with Gasteiger partial charge in [-0.15, -0.1) is 0 Å². The zero-order valence-electron chi connectivity index (χ0n) is 10.3. The summed E-state index contributed by atoms with van der Waals surface area (Å²) in [5, 5.41) is 30.4. The summed E-state index contributed by atoms with van der Waals surface area (Å²) in [6.45, 7) is 0. The van der Waals surface area contributed by atoms with Gasteiger partial charge in [0.1, 0.15) is 11.5 Å². The summed E-state index contributed by atoms with van der Waals surface area (Å²) in [4.78, 5) is 21.9. The summed E-state index contributed by atoms with van der Waals surface area (Å²) in [5.41, 5.74) is -1.40. The van der Waals surface area contributed by atoms with Gasteiger partial charge in [0.05, 0.1) is 9.40 Å². The number of esters is 1. The highest BCUT2D eigenvalue weighted by atomic mass is 79.9. The Kier molecular flexibility index (Phi) is 4.08. The summed E-state index contributed by atoms with van der Waals surface area (Å²) in [7, 11) is 0. The van der Waals surface area contributed by atoms with E-state index >= 15 is 0 Å². The fourth-order valence-electron chi connectivity index (χ4n) is 1.60. The molecule has 0 aliphatic carbocycles. The van der Waals surface area contributed by atoms with Crippen molar-refractivity contribution in [3.05, 3.63) is 56.5 Å². The van der Waals surface area contributed by atoms with Crippen LogP contribution < -0.4 is 4.74 Å². The minimum absolute atomic E-state index is 0.105. The number of phenolic OH excluding ortho intramolecular Hbond substituents is 2. The van der Waals surface area contributed by atoms with Gasteiger partial charge < -0.3 is 14.9 Å². The molecule has 2 aromatic rings. The molecule has 0 unspecified atom stereocenters. The Hall–Kier alpha value is -2.61. The van der Waals surface area contributed by atoms with Gasteiger partial charge in [-0.2, -0.15) is 0 Å². The smallest absolute Gasteiger partial charge is 0.351 e. The van der Waals surface area contributed by atoms with E-state index in [1.165, 1.54) is 12.1 Å². The molecule has 0 aromatic heterocycles. The van der Waals surface area contributed by atoms with E-state index < -0.39 is 33.6 Å². The largest absolute Gasteiger partial charge is 0.506 e. The molecule has 0 heterocycles. The fourth-order valence-corrected chi connectivity index (χ4v) is 2.01. The van der Waals surface area contributed by atoms with Crippen molar-refractivity contribution in [3.8, 4) is 17.2 Å². The van der Waals surface area contributed by atoms with Crippen LogP contribution in [0.15, 0.2) is 40.9 Å². The second kappa shape index (κ2) is 5.80. The summed E-state index contributed by atoms with van der Waals surface area (Å²) < 4.78 is 4.84. The number of para-hydroxylation sites is 1. The zero-order chi connectivity index (χ0) is 15.6. The third-order valence-electron chi connectivity index (χ3n) is 2.56. The SMILES string of the molecule is O=C(Oc1ccccc1)c1c(O)c(Br)cc([N+](=O)[O-])c1O. The molecule has 8 heteroatoms. The first-order valence-corrected chi connectivity index (χ1v) is 6.37. The van der Waals surface area contributed by atoms with Crippen LogP contribution in [0.1, 0.15) is 10.4 Å². The first-order valence-electron chi connectivity index (χ1n) is 5.58. The second-order valence-corrected chi connectivity index (χ2v) is 4.76. The first kappa shape index (κ1) is 14.8. The maximum Gasteiger partial charge on any atom is 0.351 e. The van der Waals surface area contributed by atoms with Gasteiger partial charge in [-0.05, 0) is 28.1 Å². The van der Waals surface area contributed by atoms with Crippen LogP contribution in [0.4, 0.5) is 5.69 Å². The molecule has 0 bridgehead atoms. The van der Waals surface area contributed by atoms with Gasteiger partial charge in [-0.3, -0.25) is 10.1 Å². The van der Waals surface area contributed by atoms with Crippen LogP contribution in [0, 0.1) is 10.1 Å². The van der Waals surface area contributed by atoms with Crippen molar-refractivity contribution in [2.45, 2.75) is 0 Å². The number of rotatable bonds is 3. The van der Waals surface area contributed by atoms with Crippen LogP contribution in [-0.2, 0) is 0 Å². The zero-order valence-corrected chi connectivity index (χ0v) is 11.9. The van der Waals surface area contributed by atoms with Crippen molar-refractivity contribution in [2.24, 2.45) is 0 Å². The lowest BCUT2D eigenvalue weighted by Gasteiger charge is -2.09. The molecule has 0 saturated carbocycles. The molecule has 0 fully saturated rings. The van der Waals surface area contributed by atoms with E-state index in [-0.39, 0.29) is 10.2 Å². The third kappa shape index (κ3) is 2.95. The number of nitrogens with zero attached hydrogens (tertiary/aromatic N) is 1. The number of aromatic hydroxyl groups is 2. The van der Waals surface area contributed by atoms with Crippen LogP contribution in [0.3, 0.4) is 0 Å². The summed E-state index contributed by atoms with van der Waals surface area (Å²) in [6.07, 6.45) is 0. The quantitative estimate of drug-likeness (QED) is 0.380. The van der Waals surface area contributed by atoms with Gasteiger partial charge in [-0.25, -0.2) is 4.79 Å². The van der Waals surface area contributed by atoms with Crippen LogP contribution in [0.25, 0.3) is 0 Å². The highest BCUT2D eigenvalue weighted by Gasteiger charge is 2.29. The minimum atomic E-state index is -1.11. The highest BCUT2D eigenvalue weighted by Crippen LogP contribution is 2.41. The Morgan fingerprint density at radius 2 is 1.81 bits per heavy atom. The third-order valence-corrected chi connectivity index (χ3v) is 3.16. The molecule has 0 radical (unpaired) electrons. The number of nitro benzene ring substituents is 1. The normalized spacial score (nSPS) is 10.1. The number of nitro groups is 1. The van der Waals surface area contributed by atoms with E-state index in [1.54, 1.807) is 18.2 Å². The number of hydrogen-bond donors (Lipinski definition) is 2. The van der Waals surface area contributed by atoms with Gasteiger partial charge in [0.15, 0.2) is 5.56 Å². The Bertz CT molecular complexity index is 716. The molecule has 21 heavy (non-hydrogen) atoms. The highest BCUT2D eigenvalue weighted by molar-refractivity contribution is 9.10. The Morgan fingerprint density at radius 3 is 2.38 bits per heavy atom. The fraction of sp³-hybridized carbons (Fsp3) is 0. The molecule has 7 nitrogen and oxygen atoms in total. The summed E-state index contributed by atoms with van der Waals surface area (Å²) in [5.74, 6) is -2.54. The standard InChI is InChI=1S/C13H8BrNO6/c14-8-6-9(15(19)20)12(17)10(11(8)16)13(18)21-7-4-2-1-3-5-7/h1-6,16-17H. The van der Waals surface area contributed by atoms with Crippen LogP contribution in [0.5, 0.6) is 17.2 Å². The Balaban J connectivity index is 2.48. The van der Waals surface area contributed by atoms with Crippen molar-refractivity contribution in [1.29, 1.82) is 0 Å². The minimum Gasteiger partial charge on any atom is -0.506 e. The Morgan fingerprint density at radius 1 is 1.19 bits per heavy atom. The number of ether oxygens (including phenoxy) is 1. The topological polar surface area (TPSA) is 110 Å². The lowest BCUT2D eigenvalue weighted by molar-refractivity contribution is -0.386. The van der Waals surface area contributed by atoms with Crippen LogP contribution in [0.2, 0.25) is 0 Å². The first-order chi connectivity index (χ1) is 9.91. The van der Waals surface area contributed by atoms with E-state index in [2.05, 4.69) is 15.9 Å². The van der Waals surface area contributed by atoms with Crippen LogP contribution in [-0.4, -0.2) is 21.1 Å². The number of carbonyl (C=O) groups is 1. The van der Waals surface area contributed by atoms with E-state index in [0.717, 1.165) is 6.07 Å². The number of phenols is 2. The van der Waals surface area contributed by atoms with Crippen molar-refractivity contribution < 1.29 is 24.7 Å². The van der Waals surface area contributed by atoms with Crippen molar-refractivity contribution in [2.75, 3.05) is 0 Å². The molecule has 0 saturated heterocycles. The molecule has 0 spiro atoms. The number of hydrogen-bond acceptors (Lipinski definition) is 6. The summed E-state index contributed by atoms with van der Waals surface area (Å²) >= 11 is 2.88. The van der Waals surface area contributed by atoms with Gasteiger partial charge in [0, 0.05) is 6.07 Å². The molecular weight excluding hydrogens is 346 g/mol. The predicted molar refractivity (Wildman–Crippen MR) is 75.5 cm³/mol. The van der Waals surface area contributed by atoms with E-state index in [1.807, 2.05) is 0 Å². The number of carbonyl (C=O) groups excluding carboxylic acids is 1. The lowest BCUT2D eigenvalue weighted by Crippen LogP contribution is -2.10. The molecule has 0 aliphatic heterocycles. The van der Waals surface area contributed by atoms with Gasteiger partial charge >= 0.3 is 11.7 Å². The van der Waals surface area contributed by atoms with Gasteiger partial charge in [0.2, 0.25) is 5.75 Å². The second-order valence-electron chi connectivity index (χ2n) is 3.91. The monoisotopic (exact) mass is 353 g/mol. The van der Waals surface area contributed by atoms with Crippen LogP contribution >= 0.6 is 15.9 Å². The van der Waals surface area contributed by atoms with E-state index in [4.69, 9.17) is 4.74 Å². The molecule has 0 atom stereocenters. The molecule has 2 rings (SSSR count). The Labute approximate surface area is 126 Å². The maximum atomic E-state index is 12.0. The average Bonchev–Trinajstić information content (AvgIpc) is 2.43. The van der Waals surface area contributed by atoms with E-state index in [0.29, 0.717) is 0 Å². The number of halogens is 1. The van der Waals surface area contributed by atoms with Crippen molar-refractivity contribution >= 4 is 27.6 Å². The average molecular weight is 354 g/mol. The maximum absolute atomic E-state index is 12.0. The molecule has 0 aliphatic rings. The van der Waals surface area contributed by atoms with Gasteiger partial charge in [0.25, 0.3) is 0 Å². The van der Waals surface area contributed by atoms with Crippen molar-refractivity contribution in [1.82, 2.24) is 0 Å². The lowest BCUT2D eigenvalue weighted by atomic mass is 10.1. The molecule has 108 valence electrons. The molecule has 2 aromatic carbocycles. The number of benzene rings is 2. The predicted octanol–water partition coefficient (Wildman–Crippen LogP) is 2.99. The van der Waals surface area contributed by atoms with Gasteiger partial charge in [-0.1, -0.05) is 18.2 Å². The van der Waals surface area contributed by atoms with E-state index in [9.17, 15) is 25.1 Å². The molecule has 2 N–H and O–H groups in total. The molecular formula is C13H8BrNO6.